The van der Waals surface area contributed by atoms with Gasteiger partial charge in [0, 0.05) is 17.5 Å². The van der Waals surface area contributed by atoms with Crippen LogP contribution in [0, 0.1) is 13.8 Å². The Bertz CT molecular complexity index is 1030. The number of anilines is 1. The van der Waals surface area contributed by atoms with Crippen LogP contribution in [0.4, 0.5) is 5.13 Å². The zero-order valence-electron chi connectivity index (χ0n) is 16.5. The highest BCUT2D eigenvalue weighted by atomic mass is 32.1. The van der Waals surface area contributed by atoms with Crippen molar-refractivity contribution in [3.05, 3.63) is 57.1 Å². The molecule has 1 aromatic carbocycles. The first-order chi connectivity index (χ1) is 14.0. The summed E-state index contributed by atoms with van der Waals surface area (Å²) in [5.74, 6) is -0.217. The highest BCUT2D eigenvalue weighted by Gasteiger charge is 2.33. The van der Waals surface area contributed by atoms with Gasteiger partial charge in [-0.1, -0.05) is 18.2 Å². The molecule has 4 rings (SSSR count). The molecule has 0 saturated carbocycles. The average Bonchev–Trinajstić information content (AvgIpc) is 3.42. The van der Waals surface area contributed by atoms with Crippen LogP contribution in [0.1, 0.15) is 40.1 Å². The number of nitrogens with zero attached hydrogens (tertiary/aromatic N) is 2. The van der Waals surface area contributed by atoms with Gasteiger partial charge in [0.25, 0.3) is 5.91 Å². The molecule has 5 nitrogen and oxygen atoms in total. The number of hydrogen-bond donors (Lipinski definition) is 1. The minimum atomic E-state index is -0.452. The van der Waals surface area contributed by atoms with Gasteiger partial charge in [0.15, 0.2) is 5.13 Å². The van der Waals surface area contributed by atoms with E-state index in [2.05, 4.69) is 36.3 Å². The van der Waals surface area contributed by atoms with Crippen molar-refractivity contribution < 1.29 is 9.59 Å². The summed E-state index contributed by atoms with van der Waals surface area (Å²) in [5, 5.41) is 7.34. The molecule has 0 radical (unpaired) electrons. The number of rotatable bonds is 4. The molecule has 1 unspecified atom stereocenters. The Kier molecular flexibility index (Phi) is 5.78. The van der Waals surface area contributed by atoms with Crippen molar-refractivity contribution in [2.75, 3.05) is 11.9 Å². The monoisotopic (exact) mass is 425 g/mol. The molecule has 1 atom stereocenters. The van der Waals surface area contributed by atoms with E-state index in [1.165, 1.54) is 33.8 Å². The second kappa shape index (κ2) is 8.47. The van der Waals surface area contributed by atoms with Crippen LogP contribution in [0.3, 0.4) is 0 Å². The Morgan fingerprint density at radius 1 is 1.14 bits per heavy atom. The van der Waals surface area contributed by atoms with Crippen molar-refractivity contribution in [1.29, 1.82) is 0 Å². The van der Waals surface area contributed by atoms with Crippen LogP contribution in [0.2, 0.25) is 0 Å². The van der Waals surface area contributed by atoms with Gasteiger partial charge < -0.3 is 10.2 Å². The summed E-state index contributed by atoms with van der Waals surface area (Å²) in [7, 11) is 0. The number of thiazole rings is 1. The van der Waals surface area contributed by atoms with Crippen LogP contribution in [-0.2, 0) is 4.79 Å². The molecular formula is C22H23N3O2S2. The van der Waals surface area contributed by atoms with Crippen molar-refractivity contribution >= 4 is 39.6 Å². The molecule has 1 aliphatic heterocycles. The molecule has 1 saturated heterocycles. The Balaban J connectivity index is 1.48. The molecule has 3 aromatic rings. The molecule has 1 N–H and O–H groups in total. The lowest BCUT2D eigenvalue weighted by molar-refractivity contribution is -0.121. The van der Waals surface area contributed by atoms with E-state index >= 15 is 0 Å². The first-order valence-corrected chi connectivity index (χ1v) is 11.5. The van der Waals surface area contributed by atoms with Gasteiger partial charge in [0.1, 0.15) is 6.04 Å². The molecule has 3 heterocycles. The van der Waals surface area contributed by atoms with Gasteiger partial charge in [-0.05, 0) is 61.7 Å². The fraction of sp³-hybridized carbons (Fsp3) is 0.318. The van der Waals surface area contributed by atoms with Gasteiger partial charge >= 0.3 is 0 Å². The number of thiophene rings is 1. The smallest absolute Gasteiger partial charge is 0.264 e. The predicted octanol–water partition coefficient (Wildman–Crippen LogP) is 5.12. The van der Waals surface area contributed by atoms with E-state index in [0.717, 1.165) is 24.1 Å². The largest absolute Gasteiger partial charge is 0.326 e. The number of piperidine rings is 1. The number of benzene rings is 1. The molecule has 1 fully saturated rings. The molecule has 0 spiro atoms. The van der Waals surface area contributed by atoms with Crippen molar-refractivity contribution in [1.82, 2.24) is 9.88 Å². The van der Waals surface area contributed by atoms with Crippen LogP contribution >= 0.6 is 22.7 Å². The normalized spacial score (nSPS) is 16.6. The summed E-state index contributed by atoms with van der Waals surface area (Å²) in [6, 6.07) is 9.46. The molecule has 0 bridgehead atoms. The van der Waals surface area contributed by atoms with Crippen molar-refractivity contribution in [2.24, 2.45) is 0 Å². The fourth-order valence-electron chi connectivity index (χ4n) is 3.54. The highest BCUT2D eigenvalue weighted by Crippen LogP contribution is 2.28. The van der Waals surface area contributed by atoms with E-state index in [-0.39, 0.29) is 11.8 Å². The number of amides is 2. The Hall–Kier alpha value is -2.51. The van der Waals surface area contributed by atoms with E-state index in [1.54, 1.807) is 4.90 Å². The van der Waals surface area contributed by atoms with Gasteiger partial charge in [-0.3, -0.25) is 9.59 Å². The van der Waals surface area contributed by atoms with E-state index in [4.69, 9.17) is 0 Å². The van der Waals surface area contributed by atoms with E-state index < -0.39 is 6.04 Å². The van der Waals surface area contributed by atoms with E-state index in [0.29, 0.717) is 23.0 Å². The number of nitrogens with one attached hydrogen (secondary N) is 1. The zero-order chi connectivity index (χ0) is 20.4. The van der Waals surface area contributed by atoms with Crippen molar-refractivity contribution in [3.63, 3.8) is 0 Å². The minimum absolute atomic E-state index is 0.0604. The Labute approximate surface area is 178 Å². The summed E-state index contributed by atoms with van der Waals surface area (Å²) < 4.78 is 0. The number of aromatic nitrogens is 1. The first kappa shape index (κ1) is 19.8. The van der Waals surface area contributed by atoms with Crippen LogP contribution in [0.5, 0.6) is 0 Å². The molecule has 7 heteroatoms. The van der Waals surface area contributed by atoms with Crippen LogP contribution in [0.25, 0.3) is 11.3 Å². The van der Waals surface area contributed by atoms with Crippen molar-refractivity contribution in [3.8, 4) is 11.3 Å². The fourth-order valence-corrected chi connectivity index (χ4v) is 4.94. The quantitative estimate of drug-likeness (QED) is 0.631. The molecule has 2 aromatic heterocycles. The first-order valence-electron chi connectivity index (χ1n) is 9.71. The number of aryl methyl sites for hydroxylation is 2. The maximum atomic E-state index is 13.0. The third kappa shape index (κ3) is 4.26. The number of carbonyl (C=O) groups is 2. The lowest BCUT2D eigenvalue weighted by Gasteiger charge is -2.34. The minimum Gasteiger partial charge on any atom is -0.326 e. The van der Waals surface area contributed by atoms with E-state index in [9.17, 15) is 9.59 Å². The van der Waals surface area contributed by atoms with Crippen LogP contribution < -0.4 is 5.32 Å². The van der Waals surface area contributed by atoms with Gasteiger partial charge in [-0.2, -0.15) is 0 Å². The molecule has 150 valence electrons. The molecule has 0 aliphatic carbocycles. The number of likely N-dealkylation sites (tertiary alicyclic amines) is 1. The lowest BCUT2D eigenvalue weighted by Crippen LogP contribution is -2.49. The maximum absolute atomic E-state index is 13.0. The standard InChI is InChI=1S/C22H23N3O2S2/c1-14-8-9-16(12-15(14)2)17-13-29-22(23-17)24-20(26)18-6-3-4-10-25(18)21(27)19-7-5-11-28-19/h5,7-9,11-13,18H,3-4,6,10H2,1-2H3,(H,23,24,26). The summed E-state index contributed by atoms with van der Waals surface area (Å²) in [4.78, 5) is 32.8. The molecule has 1 aliphatic rings. The summed E-state index contributed by atoms with van der Waals surface area (Å²) in [6.45, 7) is 4.77. The summed E-state index contributed by atoms with van der Waals surface area (Å²) >= 11 is 2.82. The Morgan fingerprint density at radius 2 is 2.00 bits per heavy atom. The van der Waals surface area contributed by atoms with E-state index in [1.807, 2.05) is 29.0 Å². The third-order valence-electron chi connectivity index (χ3n) is 5.34. The van der Waals surface area contributed by atoms with Crippen LogP contribution in [0.15, 0.2) is 41.1 Å². The topological polar surface area (TPSA) is 62.3 Å². The predicted molar refractivity (Wildman–Crippen MR) is 119 cm³/mol. The molecule has 2 amide bonds. The van der Waals surface area contributed by atoms with Crippen LogP contribution in [-0.4, -0.2) is 34.3 Å². The second-order valence-electron chi connectivity index (χ2n) is 7.31. The zero-order valence-corrected chi connectivity index (χ0v) is 18.1. The molecule has 29 heavy (non-hydrogen) atoms. The van der Waals surface area contributed by atoms with Gasteiger partial charge in [-0.25, -0.2) is 4.98 Å². The summed E-state index contributed by atoms with van der Waals surface area (Å²) in [6.07, 6.45) is 2.55. The average molecular weight is 426 g/mol. The van der Waals surface area contributed by atoms with Gasteiger partial charge in [0.05, 0.1) is 10.6 Å². The summed E-state index contributed by atoms with van der Waals surface area (Å²) in [5.41, 5.74) is 4.34. The highest BCUT2D eigenvalue weighted by molar-refractivity contribution is 7.14. The lowest BCUT2D eigenvalue weighted by atomic mass is 10.0. The van der Waals surface area contributed by atoms with Gasteiger partial charge in [-0.15, -0.1) is 22.7 Å². The second-order valence-corrected chi connectivity index (χ2v) is 9.12. The SMILES string of the molecule is Cc1ccc(-c2csc(NC(=O)C3CCCCN3C(=O)c3cccs3)n2)cc1C. The number of hydrogen-bond acceptors (Lipinski definition) is 5. The molecular weight excluding hydrogens is 402 g/mol. The van der Waals surface area contributed by atoms with Gasteiger partial charge in [0.2, 0.25) is 5.91 Å². The number of carbonyl (C=O) groups excluding carboxylic acids is 2. The Morgan fingerprint density at radius 3 is 2.76 bits per heavy atom. The third-order valence-corrected chi connectivity index (χ3v) is 6.95. The maximum Gasteiger partial charge on any atom is 0.264 e. The van der Waals surface area contributed by atoms with Crippen molar-refractivity contribution in [2.45, 2.75) is 39.2 Å².